The average molecular weight is 574 g/mol. The Morgan fingerprint density at radius 3 is 2.65 bits per heavy atom. The number of allylic oxidation sites excluding steroid dienone is 1. The van der Waals surface area contributed by atoms with Crippen LogP contribution in [0.3, 0.4) is 0 Å². The molecule has 206 valence electrons. The maximum atomic E-state index is 13.9. The normalized spacial score (nSPS) is 14.5. The van der Waals surface area contributed by atoms with Gasteiger partial charge in [-0.25, -0.2) is 4.68 Å². The van der Waals surface area contributed by atoms with Crippen molar-refractivity contribution >= 4 is 40.9 Å². The highest BCUT2D eigenvalue weighted by Gasteiger charge is 2.34. The van der Waals surface area contributed by atoms with Crippen molar-refractivity contribution in [2.75, 3.05) is 16.4 Å². The number of rotatable bonds is 9. The van der Waals surface area contributed by atoms with Crippen LogP contribution in [0.2, 0.25) is 5.02 Å². The van der Waals surface area contributed by atoms with Crippen LogP contribution in [0.4, 0.5) is 11.6 Å². The van der Waals surface area contributed by atoms with Crippen molar-refractivity contribution in [3.63, 3.8) is 0 Å². The molecule has 0 fully saturated rings. The molecule has 4 aromatic rings. The molecule has 0 saturated carbocycles. The number of amides is 1. The van der Waals surface area contributed by atoms with Gasteiger partial charge in [0.2, 0.25) is 11.1 Å². The number of halogens is 1. The zero-order valence-corrected chi connectivity index (χ0v) is 24.6. The second-order valence-corrected chi connectivity index (χ2v) is 11.3. The number of aromatic nitrogens is 3. The van der Waals surface area contributed by atoms with Gasteiger partial charge in [-0.05, 0) is 74.2 Å². The maximum absolute atomic E-state index is 13.9. The van der Waals surface area contributed by atoms with Crippen LogP contribution in [-0.4, -0.2) is 26.4 Å². The Bertz CT molecular complexity index is 1560. The van der Waals surface area contributed by atoms with E-state index in [0.29, 0.717) is 34.1 Å². The molecule has 0 spiro atoms. The topological polar surface area (TPSA) is 81.1 Å². The van der Waals surface area contributed by atoms with Gasteiger partial charge in [-0.1, -0.05) is 72.2 Å². The van der Waals surface area contributed by atoms with Gasteiger partial charge in [-0.2, -0.15) is 4.98 Å². The standard InChI is InChI=1S/C31H32ClN5O2S/c1-5-15-40-31-35-30-33-21(4)27(29(38)34-26-14-9-19(2)16-20(26)3)28(37(30)36-31)23-7-6-8-25(17-23)39-18-22-10-12-24(32)13-11-22/h6-14,16-17,28H,5,15,18H2,1-4H3,(H,34,38)(H,33,35,36). The summed E-state index contributed by atoms with van der Waals surface area (Å²) in [5.74, 6) is 2.02. The fraction of sp³-hybridized carbons (Fsp3) is 0.258. The molecule has 2 N–H and O–H groups in total. The Balaban J connectivity index is 1.50. The van der Waals surface area contributed by atoms with E-state index in [9.17, 15) is 4.79 Å². The first-order valence-corrected chi connectivity index (χ1v) is 14.6. The van der Waals surface area contributed by atoms with Crippen LogP contribution in [0, 0.1) is 13.8 Å². The summed E-state index contributed by atoms with van der Waals surface area (Å²) in [7, 11) is 0. The van der Waals surface area contributed by atoms with E-state index in [1.54, 1.807) is 16.4 Å². The Labute approximate surface area is 244 Å². The number of aryl methyl sites for hydroxylation is 2. The summed E-state index contributed by atoms with van der Waals surface area (Å²) in [6, 6.07) is 20.9. The van der Waals surface area contributed by atoms with Crippen molar-refractivity contribution in [1.29, 1.82) is 0 Å². The van der Waals surface area contributed by atoms with E-state index in [0.717, 1.165) is 45.8 Å². The summed E-state index contributed by atoms with van der Waals surface area (Å²) in [5.41, 5.74) is 6.10. The number of ether oxygens (including phenoxy) is 1. The van der Waals surface area contributed by atoms with E-state index in [1.807, 2.05) is 81.4 Å². The van der Waals surface area contributed by atoms with Gasteiger partial charge in [0, 0.05) is 22.2 Å². The third-order valence-electron chi connectivity index (χ3n) is 6.64. The lowest BCUT2D eigenvalue weighted by atomic mass is 9.94. The molecule has 1 aliphatic heterocycles. The Hall–Kier alpha value is -3.75. The smallest absolute Gasteiger partial charge is 0.255 e. The number of fused-ring (bicyclic) bond motifs is 1. The van der Waals surface area contributed by atoms with E-state index >= 15 is 0 Å². The third-order valence-corrected chi connectivity index (χ3v) is 7.93. The van der Waals surface area contributed by atoms with Crippen LogP contribution in [0.5, 0.6) is 5.75 Å². The number of anilines is 2. The highest BCUT2D eigenvalue weighted by atomic mass is 35.5. The Morgan fingerprint density at radius 2 is 1.90 bits per heavy atom. The molecule has 0 saturated heterocycles. The monoisotopic (exact) mass is 573 g/mol. The van der Waals surface area contributed by atoms with Crippen LogP contribution in [0.25, 0.3) is 0 Å². The fourth-order valence-electron chi connectivity index (χ4n) is 4.65. The van der Waals surface area contributed by atoms with Gasteiger partial charge in [0.25, 0.3) is 5.91 Å². The number of benzene rings is 3. The molecule has 9 heteroatoms. The number of nitrogens with one attached hydrogen (secondary N) is 2. The van der Waals surface area contributed by atoms with Crippen LogP contribution in [0.15, 0.2) is 83.2 Å². The molecule has 5 rings (SSSR count). The molecule has 1 unspecified atom stereocenters. The predicted octanol–water partition coefficient (Wildman–Crippen LogP) is 7.56. The van der Waals surface area contributed by atoms with Crippen molar-refractivity contribution < 1.29 is 9.53 Å². The molecule has 40 heavy (non-hydrogen) atoms. The second-order valence-electron chi connectivity index (χ2n) is 9.84. The molecule has 0 aliphatic carbocycles. The first kappa shape index (κ1) is 27.8. The summed E-state index contributed by atoms with van der Waals surface area (Å²) in [6.45, 7) is 8.46. The van der Waals surface area contributed by atoms with Gasteiger partial charge in [0.1, 0.15) is 18.4 Å². The maximum Gasteiger partial charge on any atom is 0.255 e. The van der Waals surface area contributed by atoms with Gasteiger partial charge >= 0.3 is 0 Å². The van der Waals surface area contributed by atoms with Crippen molar-refractivity contribution in [3.8, 4) is 5.75 Å². The molecule has 0 radical (unpaired) electrons. The summed E-state index contributed by atoms with van der Waals surface area (Å²) in [4.78, 5) is 18.6. The molecule has 1 aromatic heterocycles. The molecule has 7 nitrogen and oxygen atoms in total. The number of nitrogens with zero attached hydrogens (tertiary/aromatic N) is 3. The highest BCUT2D eigenvalue weighted by molar-refractivity contribution is 7.99. The van der Waals surface area contributed by atoms with E-state index in [1.165, 1.54) is 0 Å². The van der Waals surface area contributed by atoms with Gasteiger partial charge in [0.15, 0.2) is 0 Å². The first-order chi connectivity index (χ1) is 19.3. The lowest BCUT2D eigenvalue weighted by Gasteiger charge is -2.29. The lowest BCUT2D eigenvalue weighted by Crippen LogP contribution is -2.31. The van der Waals surface area contributed by atoms with E-state index in [4.69, 9.17) is 26.4 Å². The van der Waals surface area contributed by atoms with Crippen LogP contribution in [-0.2, 0) is 11.4 Å². The zero-order valence-electron chi connectivity index (χ0n) is 23.0. The van der Waals surface area contributed by atoms with Crippen molar-refractivity contribution in [2.24, 2.45) is 0 Å². The minimum atomic E-state index is -0.496. The lowest BCUT2D eigenvalue weighted by molar-refractivity contribution is -0.113. The predicted molar refractivity (Wildman–Crippen MR) is 162 cm³/mol. The molecule has 3 aromatic carbocycles. The molecule has 1 amide bonds. The molecular weight excluding hydrogens is 542 g/mol. The van der Waals surface area contributed by atoms with E-state index in [-0.39, 0.29) is 5.91 Å². The summed E-state index contributed by atoms with van der Waals surface area (Å²) in [5, 5.41) is 12.6. The number of hydrogen-bond donors (Lipinski definition) is 2. The fourth-order valence-corrected chi connectivity index (χ4v) is 5.46. The van der Waals surface area contributed by atoms with Crippen LogP contribution < -0.4 is 15.4 Å². The highest BCUT2D eigenvalue weighted by Crippen LogP contribution is 2.38. The van der Waals surface area contributed by atoms with Gasteiger partial charge in [-0.15, -0.1) is 5.10 Å². The van der Waals surface area contributed by atoms with E-state index in [2.05, 4.69) is 23.6 Å². The molecule has 0 bridgehead atoms. The quantitative estimate of drug-likeness (QED) is 0.201. The Kier molecular flexibility index (Phi) is 8.47. The zero-order chi connectivity index (χ0) is 28.2. The van der Waals surface area contributed by atoms with Gasteiger partial charge in [0.05, 0.1) is 5.57 Å². The van der Waals surface area contributed by atoms with Crippen molar-refractivity contribution in [2.45, 2.75) is 51.9 Å². The van der Waals surface area contributed by atoms with Crippen LogP contribution in [0.1, 0.15) is 48.6 Å². The van der Waals surface area contributed by atoms with Gasteiger partial charge in [-0.3, -0.25) is 4.79 Å². The van der Waals surface area contributed by atoms with E-state index < -0.39 is 6.04 Å². The molecular formula is C31H32ClN5O2S. The summed E-state index contributed by atoms with van der Waals surface area (Å²) < 4.78 is 7.94. The number of thioether (sulfide) groups is 1. The summed E-state index contributed by atoms with van der Waals surface area (Å²) in [6.07, 6.45) is 1.01. The van der Waals surface area contributed by atoms with Crippen LogP contribution >= 0.6 is 23.4 Å². The van der Waals surface area contributed by atoms with Crippen molar-refractivity contribution in [1.82, 2.24) is 14.8 Å². The number of carbonyl (C=O) groups is 1. The number of hydrogen-bond acceptors (Lipinski definition) is 6. The molecule has 1 aliphatic rings. The Morgan fingerprint density at radius 1 is 1.10 bits per heavy atom. The third kappa shape index (κ3) is 6.18. The average Bonchev–Trinajstić information content (AvgIpc) is 3.34. The second kappa shape index (κ2) is 12.2. The summed E-state index contributed by atoms with van der Waals surface area (Å²) >= 11 is 7.63. The minimum Gasteiger partial charge on any atom is -0.489 e. The molecule has 2 heterocycles. The first-order valence-electron chi connectivity index (χ1n) is 13.3. The van der Waals surface area contributed by atoms with Crippen molar-refractivity contribution in [3.05, 3.63) is 105 Å². The molecule has 1 atom stereocenters. The largest absolute Gasteiger partial charge is 0.489 e. The SMILES string of the molecule is CCCSc1nc2n(n1)C(c1cccc(OCc3ccc(Cl)cc3)c1)C(C(=O)Nc1ccc(C)cc1C)=C(C)N2. The minimum absolute atomic E-state index is 0.196. The van der Waals surface area contributed by atoms with Gasteiger partial charge < -0.3 is 15.4 Å². The number of carbonyl (C=O) groups excluding carboxylic acids is 1.